The number of benzene rings is 2. The zero-order valence-corrected chi connectivity index (χ0v) is 16.6. The van der Waals surface area contributed by atoms with Gasteiger partial charge in [-0.25, -0.2) is 14.2 Å². The Kier molecular flexibility index (Phi) is 6.97. The molecule has 5 nitrogen and oxygen atoms in total. The van der Waals surface area contributed by atoms with Gasteiger partial charge < -0.3 is 9.64 Å². The molecule has 0 aliphatic heterocycles. The van der Waals surface area contributed by atoms with E-state index in [-0.39, 0.29) is 18.3 Å². The van der Waals surface area contributed by atoms with Gasteiger partial charge in [-0.15, -0.1) is 0 Å². The van der Waals surface area contributed by atoms with Gasteiger partial charge >= 0.3 is 5.97 Å². The maximum Gasteiger partial charge on any atom is 0.341 e. The second-order valence-corrected chi connectivity index (χ2v) is 7.29. The van der Waals surface area contributed by atoms with Gasteiger partial charge in [0.15, 0.2) is 6.61 Å². The van der Waals surface area contributed by atoms with Crippen molar-refractivity contribution in [2.75, 3.05) is 13.7 Å². The number of hydrogen-bond donors (Lipinski definition) is 0. The Hall–Kier alpha value is -3.19. The van der Waals surface area contributed by atoms with Crippen LogP contribution >= 0.6 is 11.8 Å². The van der Waals surface area contributed by atoms with Crippen LogP contribution in [0.5, 0.6) is 0 Å². The van der Waals surface area contributed by atoms with E-state index in [4.69, 9.17) is 4.74 Å². The number of rotatable bonds is 7. The molecule has 3 aromatic rings. The highest BCUT2D eigenvalue weighted by Crippen LogP contribution is 2.28. The van der Waals surface area contributed by atoms with Gasteiger partial charge in [0.05, 0.1) is 5.56 Å². The largest absolute Gasteiger partial charge is 0.452 e. The van der Waals surface area contributed by atoms with Gasteiger partial charge in [0, 0.05) is 24.7 Å². The number of esters is 1. The van der Waals surface area contributed by atoms with Crippen LogP contribution in [0.15, 0.2) is 82.8 Å². The van der Waals surface area contributed by atoms with Gasteiger partial charge in [-0.1, -0.05) is 42.1 Å². The second kappa shape index (κ2) is 9.84. The molecule has 0 aliphatic rings. The molecule has 0 N–H and O–H groups in total. The van der Waals surface area contributed by atoms with Crippen LogP contribution in [0.2, 0.25) is 0 Å². The van der Waals surface area contributed by atoms with Gasteiger partial charge in [0.25, 0.3) is 5.91 Å². The van der Waals surface area contributed by atoms with Crippen LogP contribution in [0.4, 0.5) is 4.39 Å². The van der Waals surface area contributed by atoms with E-state index < -0.39 is 5.97 Å². The molecule has 0 unspecified atom stereocenters. The maximum absolute atomic E-state index is 13.0. The number of nitrogens with zero attached hydrogens (tertiary/aromatic N) is 2. The third-order valence-corrected chi connectivity index (χ3v) is 5.06. The van der Waals surface area contributed by atoms with E-state index in [1.54, 1.807) is 37.5 Å². The van der Waals surface area contributed by atoms with Crippen LogP contribution in [-0.2, 0) is 16.1 Å². The number of ether oxygens (including phenoxy) is 1. The fourth-order valence-corrected chi connectivity index (χ4v) is 3.39. The lowest BCUT2D eigenvalue weighted by molar-refractivity contribution is -0.133. The molecule has 0 saturated heterocycles. The lowest BCUT2D eigenvalue weighted by Crippen LogP contribution is -2.30. The highest BCUT2D eigenvalue weighted by molar-refractivity contribution is 7.99. The van der Waals surface area contributed by atoms with Gasteiger partial charge in [-0.3, -0.25) is 4.79 Å². The fraction of sp³-hybridized carbons (Fsp3) is 0.136. The zero-order valence-electron chi connectivity index (χ0n) is 15.7. The molecular weight excluding hydrogens is 391 g/mol. The van der Waals surface area contributed by atoms with Gasteiger partial charge in [0.1, 0.15) is 10.8 Å². The molecule has 1 aromatic heterocycles. The third-order valence-electron chi connectivity index (χ3n) is 4.03. The Bertz CT molecular complexity index is 981. The average Bonchev–Trinajstić information content (AvgIpc) is 2.74. The average molecular weight is 410 g/mol. The zero-order chi connectivity index (χ0) is 20.6. The summed E-state index contributed by atoms with van der Waals surface area (Å²) >= 11 is 1.35. The molecule has 29 heavy (non-hydrogen) atoms. The molecule has 3 rings (SSSR count). The number of hydrogen-bond acceptors (Lipinski definition) is 5. The minimum Gasteiger partial charge on any atom is -0.452 e. The summed E-state index contributed by atoms with van der Waals surface area (Å²) in [6.45, 7) is -0.0977. The normalized spacial score (nSPS) is 10.4. The van der Waals surface area contributed by atoms with Crippen LogP contribution in [-0.4, -0.2) is 35.4 Å². The summed E-state index contributed by atoms with van der Waals surface area (Å²) in [5.74, 6) is -1.30. The number of carbonyl (C=O) groups is 2. The lowest BCUT2D eigenvalue weighted by Gasteiger charge is -2.17. The van der Waals surface area contributed by atoms with E-state index >= 15 is 0 Å². The van der Waals surface area contributed by atoms with Crippen molar-refractivity contribution >= 4 is 23.6 Å². The molecule has 0 bridgehead atoms. The summed E-state index contributed by atoms with van der Waals surface area (Å²) in [5, 5.41) is 0.510. The molecule has 0 aliphatic carbocycles. The first-order valence-corrected chi connectivity index (χ1v) is 9.68. The van der Waals surface area contributed by atoms with Crippen LogP contribution in [0, 0.1) is 5.82 Å². The minimum atomic E-state index is -0.611. The molecule has 0 radical (unpaired) electrons. The number of likely N-dealkylation sites (N-methyl/N-ethyl adjacent to an activating group) is 1. The molecule has 1 heterocycles. The van der Waals surface area contributed by atoms with E-state index in [1.165, 1.54) is 28.8 Å². The summed E-state index contributed by atoms with van der Waals surface area (Å²) in [4.78, 5) is 31.4. The van der Waals surface area contributed by atoms with Gasteiger partial charge in [-0.2, -0.15) is 0 Å². The number of halogens is 1. The van der Waals surface area contributed by atoms with E-state index in [0.717, 1.165) is 10.5 Å². The highest BCUT2D eigenvalue weighted by atomic mass is 32.2. The molecule has 0 saturated carbocycles. The van der Waals surface area contributed by atoms with Crippen molar-refractivity contribution in [3.63, 3.8) is 0 Å². The molecule has 0 fully saturated rings. The Morgan fingerprint density at radius 1 is 1.03 bits per heavy atom. The summed E-state index contributed by atoms with van der Waals surface area (Å²) in [6, 6.07) is 18.7. The van der Waals surface area contributed by atoms with Crippen LogP contribution in [0.3, 0.4) is 0 Å². The first kappa shape index (κ1) is 20.5. The third kappa shape index (κ3) is 5.89. The Balaban J connectivity index is 1.59. The molecular formula is C22H19FN2O3S. The summed E-state index contributed by atoms with van der Waals surface area (Å²) in [7, 11) is 1.60. The molecule has 7 heteroatoms. The fourth-order valence-electron chi connectivity index (χ4n) is 2.49. The smallest absolute Gasteiger partial charge is 0.341 e. The molecule has 0 atom stereocenters. The van der Waals surface area contributed by atoms with Crippen LogP contribution in [0.25, 0.3) is 0 Å². The van der Waals surface area contributed by atoms with Crippen molar-refractivity contribution in [2.45, 2.75) is 16.5 Å². The summed E-state index contributed by atoms with van der Waals surface area (Å²) in [5.41, 5.74) is 1.08. The Morgan fingerprint density at radius 2 is 1.76 bits per heavy atom. The van der Waals surface area contributed by atoms with Crippen molar-refractivity contribution in [1.82, 2.24) is 9.88 Å². The van der Waals surface area contributed by atoms with Crippen molar-refractivity contribution in [3.8, 4) is 0 Å². The molecule has 148 valence electrons. The quantitative estimate of drug-likeness (QED) is 0.547. The van der Waals surface area contributed by atoms with E-state index in [0.29, 0.717) is 17.1 Å². The predicted molar refractivity (Wildman–Crippen MR) is 108 cm³/mol. The Labute approximate surface area is 172 Å². The topological polar surface area (TPSA) is 59.5 Å². The van der Waals surface area contributed by atoms with Crippen molar-refractivity contribution in [3.05, 3.63) is 89.9 Å². The van der Waals surface area contributed by atoms with Gasteiger partial charge in [0.2, 0.25) is 0 Å². The first-order chi connectivity index (χ1) is 14.0. The Morgan fingerprint density at radius 3 is 2.48 bits per heavy atom. The van der Waals surface area contributed by atoms with Crippen molar-refractivity contribution < 1.29 is 18.7 Å². The highest BCUT2D eigenvalue weighted by Gasteiger charge is 2.18. The SMILES string of the molecule is CN(Cc1ccc(F)cc1)C(=O)COC(=O)c1cccnc1Sc1ccccc1. The summed E-state index contributed by atoms with van der Waals surface area (Å²) in [6.07, 6.45) is 1.60. The maximum atomic E-state index is 13.0. The van der Waals surface area contributed by atoms with Crippen LogP contribution in [0.1, 0.15) is 15.9 Å². The standard InChI is InChI=1S/C22H19FN2O3S/c1-25(14-16-9-11-17(23)12-10-16)20(26)15-28-22(27)19-8-5-13-24-21(19)29-18-6-3-2-4-7-18/h2-13H,14-15H2,1H3. The number of aromatic nitrogens is 1. The predicted octanol–water partition coefficient (Wildman–Crippen LogP) is 4.19. The number of carbonyl (C=O) groups excluding carboxylic acids is 2. The van der Waals surface area contributed by atoms with E-state index in [1.807, 2.05) is 30.3 Å². The molecule has 0 spiro atoms. The molecule has 1 amide bonds. The van der Waals surface area contributed by atoms with Crippen molar-refractivity contribution in [2.24, 2.45) is 0 Å². The van der Waals surface area contributed by atoms with E-state index in [2.05, 4.69) is 4.98 Å². The number of pyridine rings is 1. The van der Waals surface area contributed by atoms with Crippen LogP contribution < -0.4 is 0 Å². The lowest BCUT2D eigenvalue weighted by atomic mass is 10.2. The molecule has 2 aromatic carbocycles. The second-order valence-electron chi connectivity index (χ2n) is 6.22. The van der Waals surface area contributed by atoms with Crippen molar-refractivity contribution in [1.29, 1.82) is 0 Å². The monoisotopic (exact) mass is 410 g/mol. The van der Waals surface area contributed by atoms with E-state index in [9.17, 15) is 14.0 Å². The minimum absolute atomic E-state index is 0.290. The number of amides is 1. The van der Waals surface area contributed by atoms with Gasteiger partial charge in [-0.05, 0) is 42.0 Å². The summed E-state index contributed by atoms with van der Waals surface area (Å²) < 4.78 is 18.2. The first-order valence-electron chi connectivity index (χ1n) is 8.86.